The molecule has 1 unspecified atom stereocenters. The van der Waals surface area contributed by atoms with Crippen LogP contribution in [0.1, 0.15) is 29.2 Å². The minimum Gasteiger partial charge on any atom is -0.478 e. The first-order valence-corrected chi connectivity index (χ1v) is 9.03. The number of β-amino-alcohol motifs (C(OH)–C–C–N with tert-alkyl or cyclic N) is 1. The third-order valence-electron chi connectivity index (χ3n) is 4.30. The van der Waals surface area contributed by atoms with Gasteiger partial charge in [0.1, 0.15) is 0 Å². The van der Waals surface area contributed by atoms with Crippen LogP contribution in [0.15, 0.2) is 60.7 Å². The summed E-state index contributed by atoms with van der Waals surface area (Å²) in [5.74, 6) is -2.51. The van der Waals surface area contributed by atoms with Crippen LogP contribution in [0.5, 0.6) is 0 Å². The third kappa shape index (κ3) is 6.98. The van der Waals surface area contributed by atoms with Crippen LogP contribution in [0.3, 0.4) is 0 Å². The number of fused-ring (bicyclic) bond motifs is 2. The predicted octanol–water partition coefficient (Wildman–Crippen LogP) is 2.69. The van der Waals surface area contributed by atoms with Crippen LogP contribution in [0.25, 0.3) is 0 Å². The number of rotatable bonds is 4. The van der Waals surface area contributed by atoms with E-state index in [9.17, 15) is 14.7 Å². The zero-order valence-corrected chi connectivity index (χ0v) is 15.8. The van der Waals surface area contributed by atoms with Crippen molar-refractivity contribution >= 4 is 11.9 Å². The molecule has 1 atom stereocenters. The number of aliphatic carboxylic acids is 2. The van der Waals surface area contributed by atoms with Gasteiger partial charge in [-0.1, -0.05) is 48.5 Å². The van der Waals surface area contributed by atoms with Crippen LogP contribution in [0.4, 0.5) is 0 Å². The lowest BCUT2D eigenvalue weighted by molar-refractivity contribution is -0.134. The van der Waals surface area contributed by atoms with Crippen molar-refractivity contribution in [2.45, 2.75) is 32.5 Å². The van der Waals surface area contributed by atoms with Gasteiger partial charge in [-0.15, -0.1) is 0 Å². The highest BCUT2D eigenvalue weighted by Gasteiger charge is 2.17. The lowest BCUT2D eigenvalue weighted by Crippen LogP contribution is -2.31. The Morgan fingerprint density at radius 3 is 1.64 bits per heavy atom. The molecule has 0 saturated heterocycles. The Morgan fingerprint density at radius 1 is 0.893 bits per heavy atom. The first kappa shape index (κ1) is 21.3. The predicted molar refractivity (Wildman–Crippen MR) is 106 cm³/mol. The SMILES string of the molecule is CC(O)CN1Cc2ccccc2Cc2ccccc2C1.O=C(O)/C=C\C(=O)O. The van der Waals surface area contributed by atoms with E-state index in [1.54, 1.807) is 0 Å². The largest absolute Gasteiger partial charge is 0.478 e. The van der Waals surface area contributed by atoms with Crippen molar-refractivity contribution in [1.82, 2.24) is 4.90 Å². The van der Waals surface area contributed by atoms with E-state index in [0.29, 0.717) is 18.7 Å². The average molecular weight is 383 g/mol. The van der Waals surface area contributed by atoms with Gasteiger partial charge in [-0.3, -0.25) is 4.90 Å². The number of benzene rings is 2. The highest BCUT2D eigenvalue weighted by atomic mass is 16.4. The molecule has 0 aromatic heterocycles. The second-order valence-corrected chi connectivity index (χ2v) is 6.74. The quantitative estimate of drug-likeness (QED) is 0.702. The smallest absolute Gasteiger partial charge is 0.328 e. The first-order chi connectivity index (χ1) is 13.3. The first-order valence-electron chi connectivity index (χ1n) is 9.03. The summed E-state index contributed by atoms with van der Waals surface area (Å²) < 4.78 is 0. The summed E-state index contributed by atoms with van der Waals surface area (Å²) in [5, 5.41) is 25.3. The van der Waals surface area contributed by atoms with E-state index in [4.69, 9.17) is 10.2 Å². The maximum Gasteiger partial charge on any atom is 0.328 e. The summed E-state index contributed by atoms with van der Waals surface area (Å²) in [4.78, 5) is 21.4. The Morgan fingerprint density at radius 2 is 1.29 bits per heavy atom. The molecular formula is C22H25NO5. The van der Waals surface area contributed by atoms with Gasteiger partial charge >= 0.3 is 11.9 Å². The lowest BCUT2D eigenvalue weighted by Gasteiger charge is -2.28. The van der Waals surface area contributed by atoms with Crippen molar-refractivity contribution in [3.05, 3.63) is 82.9 Å². The van der Waals surface area contributed by atoms with Crippen molar-refractivity contribution in [1.29, 1.82) is 0 Å². The van der Waals surface area contributed by atoms with Gasteiger partial charge in [-0.25, -0.2) is 9.59 Å². The molecule has 3 N–H and O–H groups in total. The molecule has 0 spiro atoms. The number of hydrogen-bond donors (Lipinski definition) is 3. The monoisotopic (exact) mass is 383 g/mol. The van der Waals surface area contributed by atoms with Gasteiger partial charge in [0, 0.05) is 31.8 Å². The fraction of sp³-hybridized carbons (Fsp3) is 0.273. The normalized spacial score (nSPS) is 14.6. The van der Waals surface area contributed by atoms with Gasteiger partial charge in [0.15, 0.2) is 0 Å². The molecule has 28 heavy (non-hydrogen) atoms. The molecule has 0 saturated carbocycles. The molecule has 0 radical (unpaired) electrons. The number of carboxylic acids is 2. The minimum absolute atomic E-state index is 0.297. The van der Waals surface area contributed by atoms with Crippen molar-refractivity contribution in [2.24, 2.45) is 0 Å². The van der Waals surface area contributed by atoms with E-state index in [1.165, 1.54) is 22.3 Å². The van der Waals surface area contributed by atoms with Gasteiger partial charge < -0.3 is 15.3 Å². The topological polar surface area (TPSA) is 98.1 Å². The van der Waals surface area contributed by atoms with Crippen LogP contribution < -0.4 is 0 Å². The Bertz CT molecular complexity index is 781. The molecular weight excluding hydrogens is 358 g/mol. The van der Waals surface area contributed by atoms with Crippen LogP contribution >= 0.6 is 0 Å². The van der Waals surface area contributed by atoms with E-state index >= 15 is 0 Å². The summed E-state index contributed by atoms with van der Waals surface area (Å²) in [6.07, 6.45) is 1.83. The molecule has 0 amide bonds. The van der Waals surface area contributed by atoms with Gasteiger partial charge in [-0.05, 0) is 35.6 Å². The zero-order chi connectivity index (χ0) is 20.5. The highest BCUT2D eigenvalue weighted by molar-refractivity contribution is 5.89. The van der Waals surface area contributed by atoms with Crippen LogP contribution in [0.2, 0.25) is 0 Å². The fourth-order valence-corrected chi connectivity index (χ4v) is 3.16. The van der Waals surface area contributed by atoms with E-state index in [2.05, 4.69) is 53.4 Å². The second kappa shape index (κ2) is 10.4. The maximum atomic E-state index is 9.72. The summed E-state index contributed by atoms with van der Waals surface area (Å²) in [5.41, 5.74) is 5.55. The molecule has 1 heterocycles. The van der Waals surface area contributed by atoms with E-state index in [0.717, 1.165) is 19.5 Å². The molecule has 1 aliphatic rings. The Kier molecular flexibility index (Phi) is 7.92. The molecule has 0 aliphatic carbocycles. The maximum absolute atomic E-state index is 9.72. The number of carboxylic acid groups (broad SMARTS) is 2. The van der Waals surface area contributed by atoms with Crippen LogP contribution in [-0.4, -0.2) is 44.8 Å². The number of carbonyl (C=O) groups is 2. The van der Waals surface area contributed by atoms with Crippen molar-refractivity contribution < 1.29 is 24.9 Å². The summed E-state index contributed by atoms with van der Waals surface area (Å²) in [6.45, 7) is 4.39. The molecule has 0 fully saturated rings. The highest BCUT2D eigenvalue weighted by Crippen LogP contribution is 2.24. The molecule has 2 aromatic carbocycles. The third-order valence-corrected chi connectivity index (χ3v) is 4.30. The average Bonchev–Trinajstić information content (AvgIpc) is 2.61. The molecule has 6 nitrogen and oxygen atoms in total. The second-order valence-electron chi connectivity index (χ2n) is 6.74. The van der Waals surface area contributed by atoms with Gasteiger partial charge in [-0.2, -0.15) is 0 Å². The summed E-state index contributed by atoms with van der Waals surface area (Å²) in [6, 6.07) is 17.3. The van der Waals surface area contributed by atoms with Gasteiger partial charge in [0.25, 0.3) is 0 Å². The van der Waals surface area contributed by atoms with E-state index in [1.807, 2.05) is 6.92 Å². The fourth-order valence-electron chi connectivity index (χ4n) is 3.16. The molecule has 1 aliphatic heterocycles. The van der Waals surface area contributed by atoms with Crippen molar-refractivity contribution in [3.8, 4) is 0 Å². The molecule has 148 valence electrons. The van der Waals surface area contributed by atoms with Crippen LogP contribution in [-0.2, 0) is 29.1 Å². The van der Waals surface area contributed by atoms with E-state index in [-0.39, 0.29) is 6.10 Å². The number of hydrogen-bond acceptors (Lipinski definition) is 4. The van der Waals surface area contributed by atoms with Gasteiger partial charge in [0.2, 0.25) is 0 Å². The van der Waals surface area contributed by atoms with Crippen LogP contribution in [0, 0.1) is 0 Å². The Balaban J connectivity index is 0.000000300. The molecule has 0 bridgehead atoms. The number of aliphatic hydroxyl groups excluding tert-OH is 1. The van der Waals surface area contributed by atoms with Crippen molar-refractivity contribution in [2.75, 3.05) is 6.54 Å². The lowest BCUT2D eigenvalue weighted by atomic mass is 9.93. The standard InChI is InChI=1S/C18H21NO.C4H4O4/c1-14(20)11-19-12-17-8-4-2-6-15(17)10-16-7-3-5-9-18(16)13-19;5-3(6)1-2-4(7)8/h2-9,14,20H,10-13H2,1H3;1-2H,(H,5,6)(H,7,8)/b;2-1-. The van der Waals surface area contributed by atoms with Crippen molar-refractivity contribution in [3.63, 3.8) is 0 Å². The summed E-state index contributed by atoms with van der Waals surface area (Å²) >= 11 is 0. The zero-order valence-electron chi connectivity index (χ0n) is 15.8. The number of aliphatic hydroxyl groups is 1. The molecule has 6 heteroatoms. The number of nitrogens with zero attached hydrogens (tertiary/aromatic N) is 1. The van der Waals surface area contributed by atoms with E-state index < -0.39 is 11.9 Å². The summed E-state index contributed by atoms with van der Waals surface area (Å²) in [7, 11) is 0. The molecule has 2 aromatic rings. The minimum atomic E-state index is -1.26. The Hall–Kier alpha value is -2.96. The molecule has 3 rings (SSSR count). The van der Waals surface area contributed by atoms with Gasteiger partial charge in [0.05, 0.1) is 6.10 Å². The Labute approximate surface area is 164 Å².